The molecule has 5 aromatic heterocycles. The maximum absolute atomic E-state index is 6.65. The molecule has 0 N–H and O–H groups in total. The largest absolute Gasteiger partial charge is 0.456 e. The third-order valence-electron chi connectivity index (χ3n) is 13.9. The fourth-order valence-electron chi connectivity index (χ4n) is 10.6. The van der Waals surface area contributed by atoms with Gasteiger partial charge in [-0.25, -0.2) is 15.0 Å². The van der Waals surface area contributed by atoms with E-state index in [1.807, 2.05) is 53.8 Å². The lowest BCUT2D eigenvalue weighted by molar-refractivity contribution is 0.669. The Morgan fingerprint density at radius 3 is 1.76 bits per heavy atom. The van der Waals surface area contributed by atoms with Crippen LogP contribution in [0.25, 0.3) is 148 Å². The number of hydrogen-bond donors (Lipinski definition) is 0. The summed E-state index contributed by atoms with van der Waals surface area (Å²) in [6.07, 6.45) is 0. The van der Waals surface area contributed by atoms with Gasteiger partial charge in [0.25, 0.3) is 0 Å². The summed E-state index contributed by atoms with van der Waals surface area (Å²) >= 11 is 1.84. The predicted molar refractivity (Wildman–Crippen MR) is 289 cm³/mol. The molecule has 70 heavy (non-hydrogen) atoms. The fourth-order valence-corrected chi connectivity index (χ4v) is 11.8. The normalized spacial score (nSPS) is 12.0. The summed E-state index contributed by atoms with van der Waals surface area (Å²) in [6.45, 7) is 0. The molecule has 0 atom stereocenters. The number of furan rings is 2. The van der Waals surface area contributed by atoms with E-state index in [0.29, 0.717) is 17.5 Å². The maximum Gasteiger partial charge on any atom is 0.164 e. The lowest BCUT2D eigenvalue weighted by Gasteiger charge is -2.10. The number of aromatic nitrogens is 4. The molecule has 0 amide bonds. The Morgan fingerprint density at radius 1 is 0.314 bits per heavy atom. The van der Waals surface area contributed by atoms with E-state index in [1.165, 1.54) is 25.7 Å². The molecule has 0 fully saturated rings. The highest BCUT2D eigenvalue weighted by atomic mass is 32.1. The third-order valence-corrected chi connectivity index (χ3v) is 15.0. The number of nitrogens with zero attached hydrogens (tertiary/aromatic N) is 4. The number of rotatable bonds is 6. The van der Waals surface area contributed by atoms with Crippen molar-refractivity contribution in [1.82, 2.24) is 19.5 Å². The molecule has 5 heterocycles. The molecular formula is C63H36N4O2S. The lowest BCUT2D eigenvalue weighted by atomic mass is 9.96. The van der Waals surface area contributed by atoms with Crippen molar-refractivity contribution in [2.45, 2.75) is 0 Å². The molecule has 0 spiro atoms. The molecule has 0 bridgehead atoms. The standard InChI is InChI=1S/C63H36N4O2S/c1-3-13-37(14-4-1)61-64-62(41-27-31-52-49(34-41)44-17-7-9-21-51(44)67(52)42-15-5-2-6-16-42)66-63(65-61)48-20-12-23-55-60(48)50-33-40(28-32-53(50)68-55)43-19-11-22-54-59(43)47-30-26-38(35-56(47)69-54)39-25-29-46-45-18-8-10-24-57(45)70-58(46)36-39/h1-36H. The molecule has 0 saturated heterocycles. The van der Waals surface area contributed by atoms with Gasteiger partial charge in [0, 0.05) is 74.9 Å². The minimum absolute atomic E-state index is 0.569. The van der Waals surface area contributed by atoms with Crippen LogP contribution in [0.15, 0.2) is 227 Å². The van der Waals surface area contributed by atoms with E-state index in [9.17, 15) is 0 Å². The molecule has 0 aliphatic rings. The Labute approximate surface area is 404 Å². The maximum atomic E-state index is 6.65. The van der Waals surface area contributed by atoms with E-state index < -0.39 is 0 Å². The second-order valence-corrected chi connectivity index (χ2v) is 19.0. The zero-order valence-electron chi connectivity index (χ0n) is 37.3. The predicted octanol–water partition coefficient (Wildman–Crippen LogP) is 17.5. The third kappa shape index (κ3) is 6.02. The van der Waals surface area contributed by atoms with E-state index in [1.54, 1.807) is 0 Å². The molecule has 326 valence electrons. The number of benzene rings is 10. The monoisotopic (exact) mass is 912 g/mol. The molecular weight excluding hydrogens is 877 g/mol. The van der Waals surface area contributed by atoms with Crippen molar-refractivity contribution in [1.29, 1.82) is 0 Å². The molecule has 0 aliphatic heterocycles. The first kappa shape index (κ1) is 38.9. The highest BCUT2D eigenvalue weighted by Gasteiger charge is 2.21. The number of para-hydroxylation sites is 2. The first-order chi connectivity index (χ1) is 34.7. The first-order valence-corrected chi connectivity index (χ1v) is 24.2. The van der Waals surface area contributed by atoms with Crippen LogP contribution < -0.4 is 0 Å². The van der Waals surface area contributed by atoms with Crippen LogP contribution in [0.3, 0.4) is 0 Å². The molecule has 15 rings (SSSR count). The molecule has 6 nitrogen and oxygen atoms in total. The van der Waals surface area contributed by atoms with Crippen molar-refractivity contribution in [3.05, 3.63) is 218 Å². The smallest absolute Gasteiger partial charge is 0.164 e. The Kier molecular flexibility index (Phi) is 8.43. The molecule has 15 aromatic rings. The fraction of sp³-hybridized carbons (Fsp3) is 0. The molecule has 7 heteroatoms. The van der Waals surface area contributed by atoms with E-state index >= 15 is 0 Å². The SMILES string of the molecule is c1ccc(-c2nc(-c3ccc4c(c3)c3ccccc3n4-c3ccccc3)nc(-c3cccc4oc5ccc(-c6cccc7oc8cc(-c9ccc%10c(c9)sc9ccccc9%10)ccc8c67)cc5c34)n2)cc1. The summed E-state index contributed by atoms with van der Waals surface area (Å²) in [5.74, 6) is 1.76. The van der Waals surface area contributed by atoms with Crippen LogP contribution in [-0.4, -0.2) is 19.5 Å². The second-order valence-electron chi connectivity index (χ2n) is 17.9. The molecule has 0 aliphatic carbocycles. The number of fused-ring (bicyclic) bond motifs is 12. The van der Waals surface area contributed by atoms with Crippen LogP contribution >= 0.6 is 11.3 Å². The van der Waals surface area contributed by atoms with Gasteiger partial charge >= 0.3 is 0 Å². The zero-order chi connectivity index (χ0) is 45.9. The number of thiophene rings is 1. The minimum Gasteiger partial charge on any atom is -0.456 e. The van der Waals surface area contributed by atoms with Gasteiger partial charge in [0.15, 0.2) is 17.5 Å². The summed E-state index contributed by atoms with van der Waals surface area (Å²) in [6, 6.07) is 76.7. The van der Waals surface area contributed by atoms with E-state index in [4.69, 9.17) is 23.8 Å². The molecule has 0 unspecified atom stereocenters. The van der Waals surface area contributed by atoms with Crippen molar-refractivity contribution in [3.8, 4) is 62.1 Å². The van der Waals surface area contributed by atoms with Crippen LogP contribution in [0.4, 0.5) is 0 Å². The van der Waals surface area contributed by atoms with Gasteiger partial charge in [0.05, 0.1) is 11.0 Å². The van der Waals surface area contributed by atoms with E-state index in [0.717, 1.165) is 105 Å². The Balaban J connectivity index is 0.869. The van der Waals surface area contributed by atoms with Crippen LogP contribution in [0.1, 0.15) is 0 Å². The average molecular weight is 913 g/mol. The van der Waals surface area contributed by atoms with Gasteiger partial charge in [-0.15, -0.1) is 11.3 Å². The van der Waals surface area contributed by atoms with Gasteiger partial charge in [-0.05, 0) is 107 Å². The van der Waals surface area contributed by atoms with Gasteiger partial charge in [-0.2, -0.15) is 0 Å². The minimum atomic E-state index is 0.569. The van der Waals surface area contributed by atoms with Crippen LogP contribution in [0.5, 0.6) is 0 Å². The summed E-state index contributed by atoms with van der Waals surface area (Å²) < 4.78 is 18.2. The highest BCUT2D eigenvalue weighted by molar-refractivity contribution is 7.25. The quantitative estimate of drug-likeness (QED) is 0.166. The average Bonchev–Trinajstić information content (AvgIpc) is 4.19. The first-order valence-electron chi connectivity index (χ1n) is 23.4. The second kappa shape index (κ2) is 15.2. The Bertz CT molecular complexity index is 4600. The highest BCUT2D eigenvalue weighted by Crippen LogP contribution is 2.44. The number of hydrogen-bond acceptors (Lipinski definition) is 6. The van der Waals surface area contributed by atoms with E-state index in [2.05, 4.69) is 180 Å². The van der Waals surface area contributed by atoms with Crippen molar-refractivity contribution in [2.75, 3.05) is 0 Å². The van der Waals surface area contributed by atoms with E-state index in [-0.39, 0.29) is 0 Å². The van der Waals surface area contributed by atoms with Gasteiger partial charge in [0.2, 0.25) is 0 Å². The molecule has 0 radical (unpaired) electrons. The van der Waals surface area contributed by atoms with Crippen LogP contribution in [0.2, 0.25) is 0 Å². The Morgan fingerprint density at radius 2 is 0.914 bits per heavy atom. The summed E-state index contributed by atoms with van der Waals surface area (Å²) in [5.41, 5.74) is 13.7. The van der Waals surface area contributed by atoms with Gasteiger partial charge in [-0.3, -0.25) is 0 Å². The van der Waals surface area contributed by atoms with Crippen LogP contribution in [0, 0.1) is 0 Å². The van der Waals surface area contributed by atoms with Gasteiger partial charge < -0.3 is 13.4 Å². The molecule has 0 saturated carbocycles. The summed E-state index contributed by atoms with van der Waals surface area (Å²) in [4.78, 5) is 15.7. The van der Waals surface area contributed by atoms with Crippen molar-refractivity contribution >= 4 is 97.2 Å². The zero-order valence-corrected chi connectivity index (χ0v) is 38.1. The van der Waals surface area contributed by atoms with Crippen molar-refractivity contribution < 1.29 is 8.83 Å². The molecule has 10 aromatic carbocycles. The lowest BCUT2D eigenvalue weighted by Crippen LogP contribution is -2.00. The topological polar surface area (TPSA) is 69.9 Å². The Hall–Kier alpha value is -9.17. The summed E-state index contributed by atoms with van der Waals surface area (Å²) in [7, 11) is 0. The summed E-state index contributed by atoms with van der Waals surface area (Å²) in [5, 5.41) is 8.96. The van der Waals surface area contributed by atoms with Gasteiger partial charge in [-0.1, -0.05) is 133 Å². The van der Waals surface area contributed by atoms with Gasteiger partial charge in [0.1, 0.15) is 22.3 Å². The van der Waals surface area contributed by atoms with Crippen molar-refractivity contribution in [2.24, 2.45) is 0 Å². The van der Waals surface area contributed by atoms with Crippen LogP contribution in [-0.2, 0) is 0 Å². The van der Waals surface area contributed by atoms with Crippen molar-refractivity contribution in [3.63, 3.8) is 0 Å².